The molecule has 1 aromatic carbocycles. The molecule has 0 aliphatic carbocycles. The van der Waals surface area contributed by atoms with Gasteiger partial charge in [-0.15, -0.1) is 0 Å². The molecule has 0 saturated carbocycles. The maximum Gasteiger partial charge on any atom is 0.328 e. The van der Waals surface area contributed by atoms with Crippen molar-refractivity contribution in [1.82, 2.24) is 9.78 Å². The molecule has 0 atom stereocenters. The van der Waals surface area contributed by atoms with E-state index in [1.165, 1.54) is 0 Å². The minimum Gasteiger partial charge on any atom is -0.459 e. The van der Waals surface area contributed by atoms with E-state index in [4.69, 9.17) is 10.00 Å². The number of ether oxygens (including phenoxy) is 1. The number of rotatable bonds is 4. The van der Waals surface area contributed by atoms with Crippen molar-refractivity contribution in [3.05, 3.63) is 41.7 Å². The van der Waals surface area contributed by atoms with Gasteiger partial charge in [0.25, 0.3) is 0 Å². The zero-order valence-electron chi connectivity index (χ0n) is 14.0. The molecule has 1 heterocycles. The van der Waals surface area contributed by atoms with Gasteiger partial charge in [0.2, 0.25) is 0 Å². The Bertz CT molecular complexity index is 748. The van der Waals surface area contributed by atoms with Crippen molar-refractivity contribution in [3.8, 4) is 17.2 Å². The van der Waals surface area contributed by atoms with Gasteiger partial charge in [0.15, 0.2) is 0 Å². The van der Waals surface area contributed by atoms with E-state index in [1.807, 2.05) is 52.1 Å². The second-order valence-electron chi connectivity index (χ2n) is 6.50. The lowest BCUT2D eigenvalue weighted by atomic mass is 10.00. The first-order chi connectivity index (χ1) is 10.8. The molecular weight excluding hydrogens is 290 g/mol. The van der Waals surface area contributed by atoms with E-state index in [0.717, 1.165) is 22.3 Å². The van der Waals surface area contributed by atoms with E-state index in [9.17, 15) is 4.79 Å². The molecule has 2 rings (SSSR count). The van der Waals surface area contributed by atoms with E-state index in [-0.39, 0.29) is 12.5 Å². The molecule has 0 unspecified atom stereocenters. The molecule has 1 aromatic heterocycles. The number of hydrogen-bond acceptors (Lipinski definition) is 4. The lowest BCUT2D eigenvalue weighted by Gasteiger charge is -2.19. The van der Waals surface area contributed by atoms with Crippen LogP contribution < -0.4 is 0 Å². The predicted molar refractivity (Wildman–Crippen MR) is 87.6 cm³/mol. The SMILES string of the molecule is Cc1cc(CC#N)ccc1-c1cnn(CC(=O)OC(C)(C)C)c1. The summed E-state index contributed by atoms with van der Waals surface area (Å²) in [6, 6.07) is 8.07. The lowest BCUT2D eigenvalue weighted by molar-refractivity contribution is -0.155. The Balaban J connectivity index is 2.13. The second kappa shape index (κ2) is 6.66. The quantitative estimate of drug-likeness (QED) is 0.813. The number of hydrogen-bond donors (Lipinski definition) is 0. The summed E-state index contributed by atoms with van der Waals surface area (Å²) in [5.74, 6) is -0.312. The van der Waals surface area contributed by atoms with Gasteiger partial charge in [-0.2, -0.15) is 10.4 Å². The molecule has 0 saturated heterocycles. The van der Waals surface area contributed by atoms with Crippen LogP contribution in [0.2, 0.25) is 0 Å². The molecule has 120 valence electrons. The number of benzene rings is 1. The van der Waals surface area contributed by atoms with E-state index >= 15 is 0 Å². The fraction of sp³-hybridized carbons (Fsp3) is 0.389. The number of carbonyl (C=O) groups excluding carboxylic acids is 1. The zero-order chi connectivity index (χ0) is 17.0. The summed E-state index contributed by atoms with van der Waals surface area (Å²) in [7, 11) is 0. The number of aromatic nitrogens is 2. The third-order valence-electron chi connectivity index (χ3n) is 3.23. The molecule has 0 spiro atoms. The summed E-state index contributed by atoms with van der Waals surface area (Å²) >= 11 is 0. The highest BCUT2D eigenvalue weighted by Gasteiger charge is 2.17. The molecule has 0 N–H and O–H groups in total. The Morgan fingerprint density at radius 1 is 1.39 bits per heavy atom. The Morgan fingerprint density at radius 3 is 2.74 bits per heavy atom. The first-order valence-corrected chi connectivity index (χ1v) is 7.49. The Labute approximate surface area is 136 Å². The highest BCUT2D eigenvalue weighted by molar-refractivity contribution is 5.70. The fourth-order valence-corrected chi connectivity index (χ4v) is 2.35. The van der Waals surface area contributed by atoms with Crippen LogP contribution in [-0.4, -0.2) is 21.4 Å². The van der Waals surface area contributed by atoms with Crippen molar-refractivity contribution >= 4 is 5.97 Å². The van der Waals surface area contributed by atoms with Gasteiger partial charge >= 0.3 is 5.97 Å². The zero-order valence-corrected chi connectivity index (χ0v) is 14.0. The molecule has 0 bridgehead atoms. The summed E-state index contributed by atoms with van der Waals surface area (Å²) in [4.78, 5) is 11.8. The van der Waals surface area contributed by atoms with Crippen LogP contribution in [0.5, 0.6) is 0 Å². The van der Waals surface area contributed by atoms with Crippen LogP contribution >= 0.6 is 0 Å². The van der Waals surface area contributed by atoms with Crippen molar-refractivity contribution in [2.45, 2.75) is 46.3 Å². The maximum atomic E-state index is 11.8. The van der Waals surface area contributed by atoms with Gasteiger partial charge in [-0.05, 0) is 44.4 Å². The standard InChI is InChI=1S/C18H21N3O2/c1-13-9-14(7-8-19)5-6-16(13)15-10-20-21(11-15)12-17(22)23-18(2,3)4/h5-6,9-11H,7,12H2,1-4H3. The minimum absolute atomic E-state index is 0.0861. The molecule has 0 fully saturated rings. The lowest BCUT2D eigenvalue weighted by Crippen LogP contribution is -2.26. The third-order valence-corrected chi connectivity index (χ3v) is 3.23. The summed E-state index contributed by atoms with van der Waals surface area (Å²) in [6.45, 7) is 7.60. The van der Waals surface area contributed by atoms with Gasteiger partial charge in [-0.25, -0.2) is 0 Å². The molecular formula is C18H21N3O2. The molecule has 0 radical (unpaired) electrons. The molecule has 23 heavy (non-hydrogen) atoms. The van der Waals surface area contributed by atoms with Crippen molar-refractivity contribution in [2.75, 3.05) is 0 Å². The molecule has 5 heteroatoms. The largest absolute Gasteiger partial charge is 0.459 e. The van der Waals surface area contributed by atoms with Crippen molar-refractivity contribution in [1.29, 1.82) is 5.26 Å². The highest BCUT2D eigenvalue weighted by Crippen LogP contribution is 2.24. The smallest absolute Gasteiger partial charge is 0.328 e. The summed E-state index contributed by atoms with van der Waals surface area (Å²) in [6.07, 6.45) is 3.96. The van der Waals surface area contributed by atoms with Crippen LogP contribution in [0.1, 0.15) is 31.9 Å². The van der Waals surface area contributed by atoms with E-state index in [0.29, 0.717) is 6.42 Å². The topological polar surface area (TPSA) is 67.9 Å². The van der Waals surface area contributed by atoms with E-state index in [1.54, 1.807) is 10.9 Å². The Morgan fingerprint density at radius 2 is 2.13 bits per heavy atom. The fourth-order valence-electron chi connectivity index (χ4n) is 2.35. The van der Waals surface area contributed by atoms with Crippen LogP contribution in [0.15, 0.2) is 30.6 Å². The monoisotopic (exact) mass is 311 g/mol. The van der Waals surface area contributed by atoms with Gasteiger partial charge in [-0.3, -0.25) is 9.48 Å². The van der Waals surface area contributed by atoms with Gasteiger partial charge in [0.05, 0.1) is 18.7 Å². The van der Waals surface area contributed by atoms with Gasteiger partial charge in [-0.1, -0.05) is 18.2 Å². The van der Waals surface area contributed by atoms with Gasteiger partial charge in [0.1, 0.15) is 12.1 Å². The number of carbonyl (C=O) groups is 1. The number of nitriles is 1. The van der Waals surface area contributed by atoms with Crippen molar-refractivity contribution < 1.29 is 9.53 Å². The summed E-state index contributed by atoms with van der Waals surface area (Å²) < 4.78 is 6.87. The predicted octanol–water partition coefficient (Wildman–Crippen LogP) is 3.27. The molecule has 0 amide bonds. The third kappa shape index (κ3) is 4.68. The van der Waals surface area contributed by atoms with Crippen LogP contribution in [-0.2, 0) is 22.5 Å². The average molecular weight is 311 g/mol. The first-order valence-electron chi connectivity index (χ1n) is 7.49. The van der Waals surface area contributed by atoms with Crippen molar-refractivity contribution in [2.24, 2.45) is 0 Å². The van der Waals surface area contributed by atoms with Crippen LogP contribution in [0.3, 0.4) is 0 Å². The first kappa shape index (κ1) is 16.8. The Hall–Kier alpha value is -2.61. The number of nitrogens with zero attached hydrogens (tertiary/aromatic N) is 3. The Kier molecular flexibility index (Phi) is 4.85. The summed E-state index contributed by atoms with van der Waals surface area (Å²) in [5, 5.41) is 13.0. The van der Waals surface area contributed by atoms with E-state index < -0.39 is 5.60 Å². The second-order valence-corrected chi connectivity index (χ2v) is 6.50. The molecule has 0 aliphatic heterocycles. The number of esters is 1. The van der Waals surface area contributed by atoms with Gasteiger partial charge < -0.3 is 4.74 Å². The summed E-state index contributed by atoms with van der Waals surface area (Å²) in [5.41, 5.74) is 3.56. The normalized spacial score (nSPS) is 11.1. The maximum absolute atomic E-state index is 11.8. The molecule has 2 aromatic rings. The number of aryl methyl sites for hydroxylation is 1. The molecule has 5 nitrogen and oxygen atoms in total. The van der Waals surface area contributed by atoms with Gasteiger partial charge in [0, 0.05) is 11.8 Å². The minimum atomic E-state index is -0.500. The highest BCUT2D eigenvalue weighted by atomic mass is 16.6. The average Bonchev–Trinajstić information content (AvgIpc) is 2.85. The molecule has 0 aliphatic rings. The van der Waals surface area contributed by atoms with Crippen LogP contribution in [0.25, 0.3) is 11.1 Å². The van der Waals surface area contributed by atoms with Crippen LogP contribution in [0, 0.1) is 18.3 Å². The van der Waals surface area contributed by atoms with E-state index in [2.05, 4.69) is 11.2 Å². The van der Waals surface area contributed by atoms with Crippen LogP contribution in [0.4, 0.5) is 0 Å². The van der Waals surface area contributed by atoms with Crippen molar-refractivity contribution in [3.63, 3.8) is 0 Å².